The number of ketones is 1. The molecule has 14 nitrogen and oxygen atoms in total. The van der Waals surface area contributed by atoms with Crippen LogP contribution in [0.3, 0.4) is 0 Å². The van der Waals surface area contributed by atoms with Gasteiger partial charge in [-0.15, -0.1) is 0 Å². The van der Waals surface area contributed by atoms with E-state index in [2.05, 4.69) is 21.3 Å². The monoisotopic (exact) mass is 714 g/mol. The Morgan fingerprint density at radius 3 is 2.02 bits per heavy atom. The van der Waals surface area contributed by atoms with Gasteiger partial charge in [-0.25, -0.2) is 4.79 Å². The molecule has 14 heteroatoms. The summed E-state index contributed by atoms with van der Waals surface area (Å²) in [6.45, 7) is 17.6. The van der Waals surface area contributed by atoms with E-state index in [0.717, 1.165) is 0 Å². The molecule has 1 aromatic carbocycles. The first-order valence-corrected chi connectivity index (χ1v) is 17.3. The van der Waals surface area contributed by atoms with Crippen LogP contribution in [0.2, 0.25) is 0 Å². The van der Waals surface area contributed by atoms with Gasteiger partial charge in [0, 0.05) is 20.6 Å². The molecule has 284 valence electrons. The van der Waals surface area contributed by atoms with Crippen molar-refractivity contribution in [2.24, 2.45) is 16.7 Å². The molecule has 0 radical (unpaired) electrons. The molecule has 1 aromatic rings. The average Bonchev–Trinajstić information content (AvgIpc) is 3.34. The Kier molecular flexibility index (Phi) is 14.3. The third-order valence-corrected chi connectivity index (χ3v) is 8.18. The van der Waals surface area contributed by atoms with Gasteiger partial charge in [0.1, 0.15) is 23.7 Å². The normalized spacial score (nSPS) is 17.4. The number of ether oxygens (including phenoxy) is 1. The second-order valence-corrected chi connectivity index (χ2v) is 16.7. The number of alkyl carbamates (subject to hydrolysis) is 1. The Labute approximate surface area is 302 Å². The van der Waals surface area contributed by atoms with Crippen molar-refractivity contribution in [1.29, 1.82) is 0 Å². The lowest BCUT2D eigenvalue weighted by atomic mass is 9.85. The molecule has 51 heavy (non-hydrogen) atoms. The van der Waals surface area contributed by atoms with Crippen LogP contribution in [0.25, 0.3) is 0 Å². The highest BCUT2D eigenvalue weighted by Crippen LogP contribution is 2.36. The van der Waals surface area contributed by atoms with E-state index in [1.165, 1.54) is 9.80 Å². The molecule has 0 aliphatic carbocycles. The topological polar surface area (TPSA) is 183 Å². The van der Waals surface area contributed by atoms with E-state index in [-0.39, 0.29) is 31.2 Å². The second kappa shape index (κ2) is 17.1. The van der Waals surface area contributed by atoms with E-state index in [4.69, 9.17) is 4.74 Å². The summed E-state index contributed by atoms with van der Waals surface area (Å²) in [6.07, 6.45) is -0.374. The van der Waals surface area contributed by atoms with Crippen molar-refractivity contribution in [3.05, 3.63) is 35.9 Å². The number of hydrogen-bond donors (Lipinski definition) is 4. The quantitative estimate of drug-likeness (QED) is 0.225. The Balaban J connectivity index is 2.22. The number of carbonyl (C=O) groups is 7. The van der Waals surface area contributed by atoms with Gasteiger partial charge in [0.05, 0.1) is 12.6 Å². The van der Waals surface area contributed by atoms with Gasteiger partial charge >= 0.3 is 6.09 Å². The summed E-state index contributed by atoms with van der Waals surface area (Å²) in [5.41, 5.74) is -1.47. The largest absolute Gasteiger partial charge is 0.444 e. The lowest BCUT2D eigenvalue weighted by Gasteiger charge is -2.36. The van der Waals surface area contributed by atoms with Gasteiger partial charge < -0.3 is 35.8 Å². The molecule has 1 heterocycles. The van der Waals surface area contributed by atoms with Crippen molar-refractivity contribution < 1.29 is 38.3 Å². The van der Waals surface area contributed by atoms with Crippen LogP contribution >= 0.6 is 0 Å². The Morgan fingerprint density at radius 2 is 1.51 bits per heavy atom. The maximum atomic E-state index is 14.1. The highest BCUT2D eigenvalue weighted by molar-refractivity contribution is 6.38. The van der Waals surface area contributed by atoms with Gasteiger partial charge in [0.2, 0.25) is 29.4 Å². The number of nitrogens with zero attached hydrogens (tertiary/aromatic N) is 2. The SMILES string of the molecule is CC(C)CC(NC(=O)C1CC(C)(C)CN1C(=O)[C@@H](NC(=O)OC(C)(C)C)C(C)(C)C)C(=O)C(=O)NCC(=O)N[C@H](C(=O)N(C)C)c1ccccc1. The molecule has 1 aliphatic heterocycles. The van der Waals surface area contributed by atoms with Crippen molar-refractivity contribution in [1.82, 2.24) is 31.1 Å². The highest BCUT2D eigenvalue weighted by Gasteiger charge is 2.48. The lowest BCUT2D eigenvalue weighted by molar-refractivity contribution is -0.144. The summed E-state index contributed by atoms with van der Waals surface area (Å²) in [7, 11) is 3.11. The van der Waals surface area contributed by atoms with Crippen LogP contribution < -0.4 is 21.3 Å². The number of likely N-dealkylation sites (N-methyl/N-ethyl adjacent to an activating group) is 1. The van der Waals surface area contributed by atoms with Crippen molar-refractivity contribution in [3.8, 4) is 0 Å². The highest BCUT2D eigenvalue weighted by atomic mass is 16.6. The summed E-state index contributed by atoms with van der Waals surface area (Å²) >= 11 is 0. The predicted octanol–water partition coefficient (Wildman–Crippen LogP) is 2.71. The van der Waals surface area contributed by atoms with Crippen molar-refractivity contribution in [2.75, 3.05) is 27.2 Å². The predicted molar refractivity (Wildman–Crippen MR) is 192 cm³/mol. The van der Waals surface area contributed by atoms with Crippen molar-refractivity contribution >= 4 is 41.4 Å². The number of hydrogen-bond acceptors (Lipinski definition) is 8. The molecule has 0 bridgehead atoms. The van der Waals surface area contributed by atoms with E-state index < -0.39 is 82.6 Å². The van der Waals surface area contributed by atoms with E-state index in [0.29, 0.717) is 5.56 Å². The fourth-order valence-corrected chi connectivity index (χ4v) is 5.76. The summed E-state index contributed by atoms with van der Waals surface area (Å²) in [6, 6.07) is 4.34. The van der Waals surface area contributed by atoms with E-state index in [1.54, 1.807) is 86.0 Å². The minimum atomic E-state index is -1.24. The van der Waals surface area contributed by atoms with Crippen LogP contribution in [0.4, 0.5) is 4.79 Å². The number of rotatable bonds is 13. The molecular weight excluding hydrogens is 656 g/mol. The van der Waals surface area contributed by atoms with E-state index in [1.807, 2.05) is 27.7 Å². The summed E-state index contributed by atoms with van der Waals surface area (Å²) in [5, 5.41) is 10.3. The standard InChI is InChI=1S/C37H58N6O8/c1-22(2)18-24(28(45)31(47)38-20-26(44)40-27(32(48)42(11)12)23-16-14-13-15-17-23)39-30(46)25-19-37(9,10)21-43(25)33(49)29(35(3,4)5)41-34(50)51-36(6,7)8/h13-17,22,24-25,27,29H,18-21H2,1-12H3,(H,38,47)(H,39,46)(H,40,44)(H,41,50)/t24?,25?,27-,29+/m0/s1. The fourth-order valence-electron chi connectivity index (χ4n) is 5.76. The van der Waals surface area contributed by atoms with Gasteiger partial charge in [0.25, 0.3) is 5.91 Å². The van der Waals surface area contributed by atoms with Crippen LogP contribution in [-0.2, 0) is 33.5 Å². The number of nitrogens with one attached hydrogen (secondary N) is 4. The molecule has 0 saturated carbocycles. The van der Waals surface area contributed by atoms with Crippen LogP contribution in [-0.4, -0.2) is 102 Å². The zero-order chi connectivity index (χ0) is 39.1. The molecule has 0 aromatic heterocycles. The van der Waals surface area contributed by atoms with Crippen LogP contribution in [0.5, 0.6) is 0 Å². The number of amides is 6. The lowest BCUT2D eigenvalue weighted by Crippen LogP contribution is -2.59. The summed E-state index contributed by atoms with van der Waals surface area (Å²) in [5.74, 6) is -4.31. The molecule has 1 saturated heterocycles. The first-order chi connectivity index (χ1) is 23.3. The Hall–Kier alpha value is -4.49. The summed E-state index contributed by atoms with van der Waals surface area (Å²) in [4.78, 5) is 95.6. The third-order valence-electron chi connectivity index (χ3n) is 8.18. The van der Waals surface area contributed by atoms with Gasteiger partial charge in [-0.2, -0.15) is 0 Å². The van der Waals surface area contributed by atoms with E-state index in [9.17, 15) is 33.6 Å². The second-order valence-electron chi connectivity index (χ2n) is 16.7. The van der Waals surface area contributed by atoms with Gasteiger partial charge in [-0.05, 0) is 55.9 Å². The number of likely N-dealkylation sites (tertiary alicyclic amines) is 1. The molecule has 4 atom stereocenters. The van der Waals surface area contributed by atoms with Crippen molar-refractivity contribution in [2.45, 2.75) is 112 Å². The molecule has 2 rings (SSSR count). The third kappa shape index (κ3) is 13.0. The molecule has 0 spiro atoms. The molecular formula is C37H58N6O8. The van der Waals surface area contributed by atoms with Crippen LogP contribution in [0.1, 0.15) is 93.7 Å². The van der Waals surface area contributed by atoms with Gasteiger partial charge in [0.15, 0.2) is 0 Å². The Morgan fingerprint density at radius 1 is 0.922 bits per heavy atom. The van der Waals surface area contributed by atoms with Crippen LogP contribution in [0, 0.1) is 16.7 Å². The van der Waals surface area contributed by atoms with E-state index >= 15 is 0 Å². The maximum Gasteiger partial charge on any atom is 0.408 e. The zero-order valence-corrected chi connectivity index (χ0v) is 32.3. The first kappa shape index (κ1) is 42.7. The molecule has 1 aliphatic rings. The van der Waals surface area contributed by atoms with Crippen LogP contribution in [0.15, 0.2) is 30.3 Å². The van der Waals surface area contributed by atoms with Gasteiger partial charge in [-0.3, -0.25) is 28.8 Å². The smallest absolute Gasteiger partial charge is 0.408 e. The summed E-state index contributed by atoms with van der Waals surface area (Å²) < 4.78 is 5.41. The number of Topliss-reactive ketones (excluding diaryl/α,β-unsaturated/α-hetero) is 1. The number of benzene rings is 1. The minimum Gasteiger partial charge on any atom is -0.444 e. The molecule has 2 unspecified atom stereocenters. The molecule has 4 N–H and O–H groups in total. The maximum absolute atomic E-state index is 14.1. The number of carbonyl (C=O) groups excluding carboxylic acids is 7. The Bertz CT molecular complexity index is 1440. The molecule has 6 amide bonds. The zero-order valence-electron chi connectivity index (χ0n) is 32.3. The average molecular weight is 715 g/mol. The fraction of sp³-hybridized carbons (Fsp3) is 0.649. The molecule has 1 fully saturated rings. The minimum absolute atomic E-state index is 0.111. The first-order valence-electron chi connectivity index (χ1n) is 17.3. The van der Waals surface area contributed by atoms with Crippen molar-refractivity contribution in [3.63, 3.8) is 0 Å². The van der Waals surface area contributed by atoms with Gasteiger partial charge in [-0.1, -0.05) is 78.8 Å².